The third-order valence-electron chi connectivity index (χ3n) is 2.98. The van der Waals surface area contributed by atoms with Crippen molar-refractivity contribution in [1.82, 2.24) is 0 Å². The maximum Gasteiger partial charge on any atom is 0.257 e. The van der Waals surface area contributed by atoms with E-state index in [2.05, 4.69) is 21.2 Å². The fourth-order valence-corrected chi connectivity index (χ4v) is 2.21. The van der Waals surface area contributed by atoms with Gasteiger partial charge in [0.15, 0.2) is 0 Å². The summed E-state index contributed by atoms with van der Waals surface area (Å²) in [6.07, 6.45) is 0. The number of rotatable bonds is 3. The minimum Gasteiger partial charge on any atom is -0.495 e. The number of nitrogens with two attached hydrogens (primary N) is 1. The van der Waals surface area contributed by atoms with Crippen LogP contribution in [0.2, 0.25) is 0 Å². The highest BCUT2D eigenvalue weighted by Gasteiger charge is 2.13. The van der Waals surface area contributed by atoms with Crippen LogP contribution >= 0.6 is 15.9 Å². The number of hydrogen-bond donors (Lipinski definition) is 2. The molecule has 0 fully saturated rings. The van der Waals surface area contributed by atoms with Gasteiger partial charge >= 0.3 is 0 Å². The van der Waals surface area contributed by atoms with E-state index in [1.54, 1.807) is 31.4 Å². The summed E-state index contributed by atoms with van der Waals surface area (Å²) in [5, 5.41) is 2.81. The first kappa shape index (κ1) is 14.4. The zero-order chi connectivity index (χ0) is 14.7. The van der Waals surface area contributed by atoms with E-state index in [9.17, 15) is 4.79 Å². The summed E-state index contributed by atoms with van der Waals surface area (Å²) >= 11 is 3.37. The molecule has 20 heavy (non-hydrogen) atoms. The van der Waals surface area contributed by atoms with Gasteiger partial charge in [0.25, 0.3) is 5.91 Å². The van der Waals surface area contributed by atoms with Crippen molar-refractivity contribution in [1.29, 1.82) is 0 Å². The molecule has 0 heterocycles. The number of nitrogen functional groups attached to an aromatic ring is 1. The standard InChI is InChI=1S/C15H15BrN2O2/c1-9-4-3-5-11(14(9)17)15(19)18-12-8-10(16)6-7-13(12)20-2/h3-8H,17H2,1-2H3,(H,18,19). The summed E-state index contributed by atoms with van der Waals surface area (Å²) in [5.74, 6) is 0.329. The van der Waals surface area contributed by atoms with Gasteiger partial charge in [0, 0.05) is 10.2 Å². The van der Waals surface area contributed by atoms with Gasteiger partial charge in [-0.2, -0.15) is 0 Å². The monoisotopic (exact) mass is 334 g/mol. The van der Waals surface area contributed by atoms with Crippen LogP contribution in [-0.4, -0.2) is 13.0 Å². The quantitative estimate of drug-likeness (QED) is 0.843. The second-order valence-electron chi connectivity index (χ2n) is 4.33. The van der Waals surface area contributed by atoms with Crippen LogP contribution in [0.5, 0.6) is 5.75 Å². The molecule has 0 aliphatic carbocycles. The van der Waals surface area contributed by atoms with Crippen molar-refractivity contribution in [3.63, 3.8) is 0 Å². The van der Waals surface area contributed by atoms with Gasteiger partial charge in [-0.25, -0.2) is 0 Å². The van der Waals surface area contributed by atoms with E-state index in [4.69, 9.17) is 10.5 Å². The molecule has 0 unspecified atom stereocenters. The minimum absolute atomic E-state index is 0.261. The predicted molar refractivity (Wildman–Crippen MR) is 84.2 cm³/mol. The number of ether oxygens (including phenoxy) is 1. The first-order valence-electron chi connectivity index (χ1n) is 6.03. The molecule has 5 heteroatoms. The number of anilines is 2. The molecule has 2 aromatic carbocycles. The molecular formula is C15H15BrN2O2. The lowest BCUT2D eigenvalue weighted by Gasteiger charge is -2.12. The Balaban J connectivity index is 2.32. The fraction of sp³-hybridized carbons (Fsp3) is 0.133. The number of para-hydroxylation sites is 1. The molecule has 0 saturated heterocycles. The number of benzene rings is 2. The molecule has 2 rings (SSSR count). The van der Waals surface area contributed by atoms with Crippen LogP contribution in [0.4, 0.5) is 11.4 Å². The molecule has 0 aromatic heterocycles. The molecule has 0 saturated carbocycles. The van der Waals surface area contributed by atoms with E-state index >= 15 is 0 Å². The Morgan fingerprint density at radius 3 is 2.75 bits per heavy atom. The number of amides is 1. The summed E-state index contributed by atoms with van der Waals surface area (Å²) in [5.41, 5.74) is 8.34. The summed E-state index contributed by atoms with van der Waals surface area (Å²) in [4.78, 5) is 12.3. The summed E-state index contributed by atoms with van der Waals surface area (Å²) in [6, 6.07) is 10.8. The molecule has 0 aliphatic heterocycles. The second-order valence-corrected chi connectivity index (χ2v) is 5.25. The van der Waals surface area contributed by atoms with Gasteiger partial charge in [0.2, 0.25) is 0 Å². The molecule has 0 radical (unpaired) electrons. The van der Waals surface area contributed by atoms with Crippen LogP contribution in [-0.2, 0) is 0 Å². The largest absolute Gasteiger partial charge is 0.495 e. The van der Waals surface area contributed by atoms with E-state index in [-0.39, 0.29) is 5.91 Å². The molecule has 0 bridgehead atoms. The zero-order valence-corrected chi connectivity index (χ0v) is 12.8. The number of carbonyl (C=O) groups excluding carboxylic acids is 1. The van der Waals surface area contributed by atoms with E-state index in [0.717, 1.165) is 10.0 Å². The van der Waals surface area contributed by atoms with Crippen LogP contribution in [0.25, 0.3) is 0 Å². The van der Waals surface area contributed by atoms with Gasteiger partial charge in [-0.3, -0.25) is 4.79 Å². The van der Waals surface area contributed by atoms with Crippen molar-refractivity contribution in [2.45, 2.75) is 6.92 Å². The Morgan fingerprint density at radius 1 is 1.30 bits per heavy atom. The van der Waals surface area contributed by atoms with Crippen LogP contribution in [0.15, 0.2) is 40.9 Å². The van der Waals surface area contributed by atoms with Crippen molar-refractivity contribution in [2.24, 2.45) is 0 Å². The number of halogens is 1. The smallest absolute Gasteiger partial charge is 0.257 e. The maximum absolute atomic E-state index is 12.3. The molecule has 0 aliphatic rings. The number of aryl methyl sites for hydroxylation is 1. The SMILES string of the molecule is COc1ccc(Br)cc1NC(=O)c1cccc(C)c1N. The third-order valence-corrected chi connectivity index (χ3v) is 3.47. The lowest BCUT2D eigenvalue weighted by atomic mass is 10.1. The molecule has 104 valence electrons. The lowest BCUT2D eigenvalue weighted by Crippen LogP contribution is -2.15. The second kappa shape index (κ2) is 5.96. The Labute approximate surface area is 126 Å². The Bertz CT molecular complexity index is 656. The zero-order valence-electron chi connectivity index (χ0n) is 11.2. The summed E-state index contributed by atoms with van der Waals surface area (Å²) in [7, 11) is 1.56. The number of nitrogens with one attached hydrogen (secondary N) is 1. The van der Waals surface area contributed by atoms with Crippen molar-refractivity contribution in [2.75, 3.05) is 18.2 Å². The molecule has 0 spiro atoms. The Hall–Kier alpha value is -2.01. The van der Waals surface area contributed by atoms with Gasteiger partial charge in [0.1, 0.15) is 5.75 Å². The average Bonchev–Trinajstić information content (AvgIpc) is 2.42. The topological polar surface area (TPSA) is 64.3 Å². The number of methoxy groups -OCH3 is 1. The van der Waals surface area contributed by atoms with Gasteiger partial charge < -0.3 is 15.8 Å². The van der Waals surface area contributed by atoms with Gasteiger partial charge in [0.05, 0.1) is 18.4 Å². The van der Waals surface area contributed by atoms with E-state index in [0.29, 0.717) is 22.7 Å². The molecule has 1 amide bonds. The van der Waals surface area contributed by atoms with Crippen molar-refractivity contribution < 1.29 is 9.53 Å². The number of hydrogen-bond acceptors (Lipinski definition) is 3. The Morgan fingerprint density at radius 2 is 2.05 bits per heavy atom. The van der Waals surface area contributed by atoms with Gasteiger partial charge in [-0.1, -0.05) is 28.1 Å². The summed E-state index contributed by atoms with van der Waals surface area (Å²) < 4.78 is 6.08. The predicted octanol–water partition coefficient (Wildman–Crippen LogP) is 3.60. The maximum atomic E-state index is 12.3. The first-order valence-corrected chi connectivity index (χ1v) is 6.82. The van der Waals surface area contributed by atoms with Crippen LogP contribution in [0.1, 0.15) is 15.9 Å². The van der Waals surface area contributed by atoms with Crippen LogP contribution in [0.3, 0.4) is 0 Å². The van der Waals surface area contributed by atoms with E-state index in [1.807, 2.05) is 19.1 Å². The van der Waals surface area contributed by atoms with Crippen LogP contribution < -0.4 is 15.8 Å². The van der Waals surface area contributed by atoms with Crippen molar-refractivity contribution in [3.05, 3.63) is 52.0 Å². The van der Waals surface area contributed by atoms with E-state index < -0.39 is 0 Å². The van der Waals surface area contributed by atoms with Gasteiger partial charge in [-0.05, 0) is 36.8 Å². The highest BCUT2D eigenvalue weighted by molar-refractivity contribution is 9.10. The molecule has 3 N–H and O–H groups in total. The first-order chi connectivity index (χ1) is 9.52. The van der Waals surface area contributed by atoms with Crippen molar-refractivity contribution >= 4 is 33.2 Å². The molecule has 0 atom stereocenters. The lowest BCUT2D eigenvalue weighted by molar-refractivity contribution is 0.102. The third kappa shape index (κ3) is 2.93. The van der Waals surface area contributed by atoms with Crippen molar-refractivity contribution in [3.8, 4) is 5.75 Å². The Kier molecular flexibility index (Phi) is 4.29. The fourth-order valence-electron chi connectivity index (χ4n) is 1.85. The molecule has 2 aromatic rings. The average molecular weight is 335 g/mol. The summed E-state index contributed by atoms with van der Waals surface area (Å²) in [6.45, 7) is 1.87. The van der Waals surface area contributed by atoms with Gasteiger partial charge in [-0.15, -0.1) is 0 Å². The number of carbonyl (C=O) groups is 1. The molecule has 4 nitrogen and oxygen atoms in total. The minimum atomic E-state index is -0.261. The molecular weight excluding hydrogens is 320 g/mol. The van der Waals surface area contributed by atoms with E-state index in [1.165, 1.54) is 0 Å². The highest BCUT2D eigenvalue weighted by atomic mass is 79.9. The highest BCUT2D eigenvalue weighted by Crippen LogP contribution is 2.29. The van der Waals surface area contributed by atoms with Crippen LogP contribution in [0, 0.1) is 6.92 Å². The normalized spacial score (nSPS) is 10.2.